The highest BCUT2D eigenvalue weighted by atomic mass is 16.5. The van der Waals surface area contributed by atoms with E-state index in [1.165, 1.54) is 0 Å². The second-order valence-electron chi connectivity index (χ2n) is 7.20. The first-order valence-electron chi connectivity index (χ1n) is 9.00. The third-order valence-corrected chi connectivity index (χ3v) is 4.01. The third-order valence-electron chi connectivity index (χ3n) is 4.01. The summed E-state index contributed by atoms with van der Waals surface area (Å²) >= 11 is 0. The third kappa shape index (κ3) is 5.87. The summed E-state index contributed by atoms with van der Waals surface area (Å²) in [5.74, 6) is -0.0759. The van der Waals surface area contributed by atoms with Crippen LogP contribution in [0.1, 0.15) is 72.0 Å². The van der Waals surface area contributed by atoms with Crippen LogP contribution in [0.15, 0.2) is 24.4 Å². The summed E-state index contributed by atoms with van der Waals surface area (Å²) in [5, 5.41) is 11.9. The Morgan fingerprint density at radius 1 is 1.17 bits per heavy atom. The van der Waals surface area contributed by atoms with Gasteiger partial charge in [-0.05, 0) is 45.7 Å². The van der Waals surface area contributed by atoms with Gasteiger partial charge in [-0.1, -0.05) is 32.8 Å². The molecule has 5 heteroatoms. The number of unbranched alkanes of at least 4 members (excludes halogenated alkanes) is 2. The molecule has 0 aromatic carbocycles. The zero-order valence-corrected chi connectivity index (χ0v) is 15.8. The van der Waals surface area contributed by atoms with Crippen molar-refractivity contribution in [1.82, 2.24) is 14.9 Å². The van der Waals surface area contributed by atoms with Gasteiger partial charge in [0.25, 0.3) is 0 Å². The standard InChI is InChI=1S/C19H33N3O2/c1-6-8-14-21(15-9-7-2)18(23)17(22(24)19(3,4)5)16-12-10-11-13-20-16/h10-13,17,24H,6-9,14-15H2,1-5H3. The van der Waals surface area contributed by atoms with Crippen molar-refractivity contribution in [1.29, 1.82) is 0 Å². The average Bonchev–Trinajstić information content (AvgIpc) is 2.55. The molecule has 1 amide bonds. The van der Waals surface area contributed by atoms with E-state index in [1.54, 1.807) is 12.3 Å². The summed E-state index contributed by atoms with van der Waals surface area (Å²) in [6, 6.07) is 4.69. The van der Waals surface area contributed by atoms with Crippen LogP contribution in [0.25, 0.3) is 0 Å². The molecule has 136 valence electrons. The van der Waals surface area contributed by atoms with Crippen LogP contribution in [0.5, 0.6) is 0 Å². The summed E-state index contributed by atoms with van der Waals surface area (Å²) in [5.41, 5.74) is 0.0249. The van der Waals surface area contributed by atoms with E-state index in [-0.39, 0.29) is 5.91 Å². The number of aromatic nitrogens is 1. The number of hydroxylamine groups is 2. The fourth-order valence-corrected chi connectivity index (χ4v) is 2.48. The minimum Gasteiger partial charge on any atom is -0.341 e. The molecule has 1 heterocycles. The van der Waals surface area contributed by atoms with Gasteiger partial charge in [-0.2, -0.15) is 5.06 Å². The van der Waals surface area contributed by atoms with E-state index in [4.69, 9.17) is 0 Å². The Labute approximate surface area is 146 Å². The Balaban J connectivity index is 3.12. The molecule has 0 spiro atoms. The molecule has 1 aromatic rings. The molecule has 1 N–H and O–H groups in total. The fraction of sp³-hybridized carbons (Fsp3) is 0.684. The second kappa shape index (κ2) is 9.74. The molecule has 0 fully saturated rings. The predicted molar refractivity (Wildman–Crippen MR) is 96.8 cm³/mol. The van der Waals surface area contributed by atoms with Crippen molar-refractivity contribution in [2.75, 3.05) is 13.1 Å². The summed E-state index contributed by atoms with van der Waals surface area (Å²) in [7, 11) is 0. The number of pyridine rings is 1. The number of amides is 1. The summed E-state index contributed by atoms with van der Waals surface area (Å²) in [6.45, 7) is 11.3. The maximum atomic E-state index is 13.2. The lowest BCUT2D eigenvalue weighted by Gasteiger charge is -2.37. The van der Waals surface area contributed by atoms with Crippen LogP contribution >= 0.6 is 0 Å². The molecule has 5 nitrogen and oxygen atoms in total. The molecule has 0 saturated heterocycles. The monoisotopic (exact) mass is 335 g/mol. The molecule has 0 bridgehead atoms. The number of carbonyl (C=O) groups is 1. The SMILES string of the molecule is CCCCN(CCCC)C(=O)C(c1ccccn1)N(O)C(C)(C)C. The van der Waals surface area contributed by atoms with Gasteiger partial charge in [0, 0.05) is 24.8 Å². The first kappa shape index (κ1) is 20.6. The zero-order valence-electron chi connectivity index (χ0n) is 15.8. The summed E-state index contributed by atoms with van der Waals surface area (Å²) < 4.78 is 0. The van der Waals surface area contributed by atoms with Gasteiger partial charge >= 0.3 is 0 Å². The first-order chi connectivity index (χ1) is 11.3. The van der Waals surface area contributed by atoms with Crippen molar-refractivity contribution < 1.29 is 10.0 Å². The Hall–Kier alpha value is -1.46. The minimum absolute atomic E-state index is 0.0759. The average molecular weight is 335 g/mol. The molecule has 0 saturated carbocycles. The molecule has 0 aliphatic rings. The van der Waals surface area contributed by atoms with Gasteiger partial charge in [-0.25, -0.2) is 0 Å². The van der Waals surface area contributed by atoms with E-state index in [0.717, 1.165) is 43.8 Å². The van der Waals surface area contributed by atoms with E-state index < -0.39 is 11.6 Å². The quantitative estimate of drug-likeness (QED) is 0.692. The van der Waals surface area contributed by atoms with Gasteiger partial charge in [-0.3, -0.25) is 9.78 Å². The van der Waals surface area contributed by atoms with E-state index in [9.17, 15) is 10.0 Å². The van der Waals surface area contributed by atoms with Crippen LogP contribution in [0.3, 0.4) is 0 Å². The van der Waals surface area contributed by atoms with E-state index >= 15 is 0 Å². The highest BCUT2D eigenvalue weighted by Gasteiger charge is 2.37. The number of hydrogen-bond donors (Lipinski definition) is 1. The number of carbonyl (C=O) groups excluding carboxylic acids is 1. The number of rotatable bonds is 9. The number of hydrogen-bond acceptors (Lipinski definition) is 4. The Morgan fingerprint density at radius 2 is 1.75 bits per heavy atom. The molecule has 0 radical (unpaired) electrons. The van der Waals surface area contributed by atoms with Crippen molar-refractivity contribution >= 4 is 5.91 Å². The zero-order chi connectivity index (χ0) is 18.2. The van der Waals surface area contributed by atoms with Crippen molar-refractivity contribution in [3.8, 4) is 0 Å². The van der Waals surface area contributed by atoms with Gasteiger partial charge in [-0.15, -0.1) is 0 Å². The van der Waals surface area contributed by atoms with Gasteiger partial charge in [0.1, 0.15) is 0 Å². The second-order valence-corrected chi connectivity index (χ2v) is 7.20. The van der Waals surface area contributed by atoms with E-state index in [2.05, 4.69) is 18.8 Å². The Bertz CT molecular complexity index is 477. The van der Waals surface area contributed by atoms with E-state index in [0.29, 0.717) is 5.69 Å². The number of nitrogens with zero attached hydrogens (tertiary/aromatic N) is 3. The van der Waals surface area contributed by atoms with Crippen molar-refractivity contribution in [3.63, 3.8) is 0 Å². The van der Waals surface area contributed by atoms with Crippen LogP contribution in [0, 0.1) is 0 Å². The highest BCUT2D eigenvalue weighted by molar-refractivity contribution is 5.82. The fourth-order valence-electron chi connectivity index (χ4n) is 2.48. The summed E-state index contributed by atoms with van der Waals surface area (Å²) in [4.78, 5) is 19.4. The van der Waals surface area contributed by atoms with E-state index in [1.807, 2.05) is 37.8 Å². The van der Waals surface area contributed by atoms with Crippen LogP contribution in [-0.2, 0) is 4.79 Å². The Morgan fingerprint density at radius 3 is 2.17 bits per heavy atom. The molecule has 24 heavy (non-hydrogen) atoms. The van der Waals surface area contributed by atoms with Gasteiger partial charge in [0.05, 0.1) is 5.69 Å². The van der Waals surface area contributed by atoms with Gasteiger partial charge in [0.15, 0.2) is 6.04 Å². The largest absolute Gasteiger partial charge is 0.341 e. The molecule has 0 aliphatic heterocycles. The lowest BCUT2D eigenvalue weighted by molar-refractivity contribution is -0.199. The smallest absolute Gasteiger partial charge is 0.248 e. The summed E-state index contributed by atoms with van der Waals surface area (Å²) in [6.07, 6.45) is 5.66. The molecule has 1 aromatic heterocycles. The molecular formula is C19H33N3O2. The topological polar surface area (TPSA) is 56.7 Å². The molecule has 1 unspecified atom stereocenters. The molecular weight excluding hydrogens is 302 g/mol. The molecule has 0 aliphatic carbocycles. The van der Waals surface area contributed by atoms with Gasteiger partial charge in [0.2, 0.25) is 5.91 Å². The molecule has 1 rings (SSSR count). The van der Waals surface area contributed by atoms with Crippen molar-refractivity contribution in [2.45, 2.75) is 71.9 Å². The van der Waals surface area contributed by atoms with Crippen molar-refractivity contribution in [2.24, 2.45) is 0 Å². The van der Waals surface area contributed by atoms with Crippen LogP contribution in [0.2, 0.25) is 0 Å². The molecule has 1 atom stereocenters. The van der Waals surface area contributed by atoms with Crippen LogP contribution < -0.4 is 0 Å². The predicted octanol–water partition coefficient (Wildman–Crippen LogP) is 4.04. The first-order valence-corrected chi connectivity index (χ1v) is 9.00. The Kier molecular flexibility index (Phi) is 8.36. The van der Waals surface area contributed by atoms with Crippen LogP contribution in [-0.4, -0.2) is 44.7 Å². The van der Waals surface area contributed by atoms with Gasteiger partial charge < -0.3 is 10.1 Å². The maximum absolute atomic E-state index is 13.2. The van der Waals surface area contributed by atoms with Crippen molar-refractivity contribution in [3.05, 3.63) is 30.1 Å². The maximum Gasteiger partial charge on any atom is 0.248 e. The highest BCUT2D eigenvalue weighted by Crippen LogP contribution is 2.27. The lowest BCUT2D eigenvalue weighted by atomic mass is 10.0. The van der Waals surface area contributed by atoms with Crippen LogP contribution in [0.4, 0.5) is 0 Å². The minimum atomic E-state index is -0.778. The lowest BCUT2D eigenvalue weighted by Crippen LogP contribution is -2.49. The normalized spacial score (nSPS) is 13.1.